The molecule has 35 heavy (non-hydrogen) atoms. The van der Waals surface area contributed by atoms with Crippen molar-refractivity contribution in [3.63, 3.8) is 0 Å². The molecular weight excluding hydrogens is 444 g/mol. The second kappa shape index (κ2) is 10.5. The van der Waals surface area contributed by atoms with Crippen LogP contribution in [0.15, 0.2) is 48.5 Å². The third kappa shape index (κ3) is 6.02. The molecule has 186 valence electrons. The minimum absolute atomic E-state index is 0.0165. The van der Waals surface area contributed by atoms with Gasteiger partial charge in [0.25, 0.3) is 0 Å². The van der Waals surface area contributed by atoms with Gasteiger partial charge in [0.05, 0.1) is 0 Å². The van der Waals surface area contributed by atoms with Gasteiger partial charge >= 0.3 is 12.1 Å². The van der Waals surface area contributed by atoms with E-state index in [0.29, 0.717) is 6.42 Å². The van der Waals surface area contributed by atoms with Crippen LogP contribution in [0.25, 0.3) is 11.1 Å². The van der Waals surface area contributed by atoms with Gasteiger partial charge in [-0.3, -0.25) is 9.59 Å². The van der Waals surface area contributed by atoms with E-state index in [1.54, 1.807) is 0 Å². The summed E-state index contributed by atoms with van der Waals surface area (Å²) in [4.78, 5) is 36.4. The molecule has 7 nitrogen and oxygen atoms in total. The van der Waals surface area contributed by atoms with Gasteiger partial charge in [-0.1, -0.05) is 55.0 Å². The Hall–Kier alpha value is -3.35. The second-order valence-corrected chi connectivity index (χ2v) is 10.3. The summed E-state index contributed by atoms with van der Waals surface area (Å²) in [6.07, 6.45) is 2.96. The number of carboxylic acids is 1. The van der Waals surface area contributed by atoms with Crippen molar-refractivity contribution >= 4 is 18.0 Å². The molecule has 0 bridgehead atoms. The summed E-state index contributed by atoms with van der Waals surface area (Å²) < 4.78 is 5.69. The Morgan fingerprint density at radius 3 is 2.17 bits per heavy atom. The van der Waals surface area contributed by atoms with Crippen molar-refractivity contribution < 1.29 is 24.2 Å². The van der Waals surface area contributed by atoms with Crippen LogP contribution in [-0.2, 0) is 14.3 Å². The number of nitrogens with one attached hydrogen (secondary N) is 2. The number of hydrogen-bond acceptors (Lipinski definition) is 4. The first-order valence-electron chi connectivity index (χ1n) is 12.4. The Morgan fingerprint density at radius 1 is 1.03 bits per heavy atom. The van der Waals surface area contributed by atoms with E-state index in [-0.39, 0.29) is 43.2 Å². The largest absolute Gasteiger partial charge is 0.481 e. The van der Waals surface area contributed by atoms with Crippen LogP contribution in [0.3, 0.4) is 0 Å². The maximum atomic E-state index is 12.8. The van der Waals surface area contributed by atoms with Crippen molar-refractivity contribution in [2.75, 3.05) is 6.61 Å². The quantitative estimate of drug-likeness (QED) is 0.453. The van der Waals surface area contributed by atoms with Gasteiger partial charge < -0.3 is 20.5 Å². The molecule has 0 heterocycles. The number of amides is 2. The van der Waals surface area contributed by atoms with Gasteiger partial charge in [0.15, 0.2) is 0 Å². The number of rotatable bonds is 10. The van der Waals surface area contributed by atoms with Crippen molar-refractivity contribution in [3.8, 4) is 11.1 Å². The van der Waals surface area contributed by atoms with Crippen molar-refractivity contribution in [3.05, 3.63) is 59.7 Å². The zero-order chi connectivity index (χ0) is 25.0. The third-order valence-corrected chi connectivity index (χ3v) is 7.21. The van der Waals surface area contributed by atoms with Crippen LogP contribution in [-0.4, -0.2) is 41.3 Å². The van der Waals surface area contributed by atoms with Crippen LogP contribution in [0.1, 0.15) is 69.4 Å². The first kappa shape index (κ1) is 24.8. The molecule has 2 amide bonds. The van der Waals surface area contributed by atoms with Crippen LogP contribution in [0.5, 0.6) is 0 Å². The summed E-state index contributed by atoms with van der Waals surface area (Å²) in [5, 5.41) is 14.8. The average molecular weight is 479 g/mol. The number of aliphatic carboxylic acids is 1. The minimum atomic E-state index is -0.892. The van der Waals surface area contributed by atoms with Gasteiger partial charge in [0, 0.05) is 30.3 Å². The second-order valence-electron chi connectivity index (χ2n) is 10.3. The predicted molar refractivity (Wildman–Crippen MR) is 133 cm³/mol. The number of alkyl carbamates (subject to hydrolysis) is 1. The highest BCUT2D eigenvalue weighted by atomic mass is 16.5. The van der Waals surface area contributed by atoms with Gasteiger partial charge in [-0.15, -0.1) is 0 Å². The van der Waals surface area contributed by atoms with Gasteiger partial charge in [0.1, 0.15) is 6.61 Å². The summed E-state index contributed by atoms with van der Waals surface area (Å²) >= 11 is 0. The van der Waals surface area contributed by atoms with Crippen LogP contribution in [0.4, 0.5) is 4.79 Å². The van der Waals surface area contributed by atoms with Gasteiger partial charge in [-0.2, -0.15) is 0 Å². The summed E-state index contributed by atoms with van der Waals surface area (Å²) in [5.41, 5.74) is 4.02. The number of hydrogen-bond donors (Lipinski definition) is 3. The number of carbonyl (C=O) groups excluding carboxylic acids is 2. The lowest BCUT2D eigenvalue weighted by Gasteiger charge is -2.35. The Morgan fingerprint density at radius 2 is 1.63 bits per heavy atom. The number of fused-ring (bicyclic) bond motifs is 3. The molecule has 1 unspecified atom stereocenters. The zero-order valence-corrected chi connectivity index (χ0v) is 20.4. The maximum Gasteiger partial charge on any atom is 0.407 e. The van der Waals surface area contributed by atoms with E-state index >= 15 is 0 Å². The van der Waals surface area contributed by atoms with E-state index in [0.717, 1.165) is 30.4 Å². The molecular formula is C28H34N2O5. The van der Waals surface area contributed by atoms with Crippen molar-refractivity contribution in [1.29, 1.82) is 0 Å². The Labute approximate surface area is 206 Å². The van der Waals surface area contributed by atoms with E-state index in [4.69, 9.17) is 9.84 Å². The van der Waals surface area contributed by atoms with Crippen molar-refractivity contribution in [2.24, 2.45) is 5.92 Å². The van der Waals surface area contributed by atoms with Gasteiger partial charge in [-0.05, 0) is 61.3 Å². The van der Waals surface area contributed by atoms with E-state index in [1.807, 2.05) is 38.1 Å². The number of carbonyl (C=O) groups is 3. The number of carboxylic acid groups (broad SMARTS) is 1. The highest BCUT2D eigenvalue weighted by molar-refractivity contribution is 5.80. The number of benzene rings is 2. The molecule has 4 rings (SSSR count). The molecule has 0 aromatic heterocycles. The molecule has 2 aliphatic carbocycles. The van der Waals surface area contributed by atoms with Crippen LogP contribution in [0.2, 0.25) is 0 Å². The Bertz CT molecular complexity index is 1050. The topological polar surface area (TPSA) is 105 Å². The Kier molecular flexibility index (Phi) is 7.43. The van der Waals surface area contributed by atoms with Crippen molar-refractivity contribution in [2.45, 2.75) is 69.9 Å². The van der Waals surface area contributed by atoms with E-state index in [1.165, 1.54) is 11.1 Å². The SMILES string of the molecule is CC(C)(CCC(=O)O)NC(=O)CC(NC(=O)OCC1c2ccccc2-c2ccccc21)C1CCC1. The summed E-state index contributed by atoms with van der Waals surface area (Å²) in [5.74, 6) is -0.871. The molecule has 0 spiro atoms. The third-order valence-electron chi connectivity index (χ3n) is 7.21. The number of ether oxygens (including phenoxy) is 1. The normalized spacial score (nSPS) is 15.9. The van der Waals surface area contributed by atoms with E-state index in [2.05, 4.69) is 34.9 Å². The zero-order valence-electron chi connectivity index (χ0n) is 20.4. The lowest BCUT2D eigenvalue weighted by molar-refractivity contribution is -0.138. The smallest absolute Gasteiger partial charge is 0.407 e. The average Bonchev–Trinajstić information content (AvgIpc) is 3.08. The summed E-state index contributed by atoms with van der Waals surface area (Å²) in [6, 6.07) is 16.1. The molecule has 3 N–H and O–H groups in total. The van der Waals surface area contributed by atoms with E-state index in [9.17, 15) is 14.4 Å². The molecule has 0 saturated heterocycles. The lowest BCUT2D eigenvalue weighted by Crippen LogP contribution is -2.49. The fraction of sp³-hybridized carbons (Fsp3) is 0.464. The maximum absolute atomic E-state index is 12.8. The lowest BCUT2D eigenvalue weighted by atomic mass is 9.78. The van der Waals surface area contributed by atoms with Crippen molar-refractivity contribution in [1.82, 2.24) is 10.6 Å². The molecule has 1 saturated carbocycles. The predicted octanol–water partition coefficient (Wildman–Crippen LogP) is 4.84. The highest BCUT2D eigenvalue weighted by Gasteiger charge is 2.33. The molecule has 2 aromatic rings. The molecule has 2 aliphatic rings. The first-order valence-corrected chi connectivity index (χ1v) is 12.4. The molecule has 0 aliphatic heterocycles. The molecule has 1 atom stereocenters. The van der Waals surface area contributed by atoms with Crippen LogP contribution >= 0.6 is 0 Å². The summed E-state index contributed by atoms with van der Waals surface area (Å²) in [6.45, 7) is 3.85. The van der Waals surface area contributed by atoms with Crippen LogP contribution < -0.4 is 10.6 Å². The minimum Gasteiger partial charge on any atom is -0.481 e. The summed E-state index contributed by atoms with van der Waals surface area (Å²) in [7, 11) is 0. The molecule has 2 aromatic carbocycles. The Balaban J connectivity index is 1.35. The van der Waals surface area contributed by atoms with Gasteiger partial charge in [0.2, 0.25) is 5.91 Å². The molecule has 1 fully saturated rings. The monoisotopic (exact) mass is 478 g/mol. The molecule has 0 radical (unpaired) electrons. The van der Waals surface area contributed by atoms with Gasteiger partial charge in [-0.25, -0.2) is 4.79 Å². The fourth-order valence-corrected chi connectivity index (χ4v) is 5.08. The standard InChI is InChI=1S/C28H34N2O5/c1-28(2,15-14-26(32)33)30-25(31)16-24(18-8-7-9-18)29-27(34)35-17-23-21-12-5-3-10-19(21)20-11-4-6-13-22(20)23/h3-6,10-13,18,23-24H,7-9,14-17H2,1-2H3,(H,29,34)(H,30,31)(H,32,33). The first-order chi connectivity index (χ1) is 16.7. The fourth-order valence-electron chi connectivity index (χ4n) is 5.08. The van der Waals surface area contributed by atoms with Crippen LogP contribution in [0, 0.1) is 5.92 Å². The molecule has 7 heteroatoms. The highest BCUT2D eigenvalue weighted by Crippen LogP contribution is 2.44. The van der Waals surface area contributed by atoms with E-state index < -0.39 is 17.6 Å².